The molecule has 0 saturated heterocycles. The number of imidazole rings is 1. The highest BCUT2D eigenvalue weighted by molar-refractivity contribution is 5.97. The molecule has 0 radical (unpaired) electrons. The quantitative estimate of drug-likeness (QED) is 0.553. The molecule has 2 aliphatic heterocycles. The van der Waals surface area contributed by atoms with E-state index in [2.05, 4.69) is 16.8 Å². The Labute approximate surface area is 205 Å². The fourth-order valence-corrected chi connectivity index (χ4v) is 4.88. The van der Waals surface area contributed by atoms with Gasteiger partial charge in [-0.2, -0.15) is 8.78 Å². The minimum Gasteiger partial charge on any atom is -0.434 e. The molecule has 2 aromatic carbocycles. The number of amides is 1. The Balaban J connectivity index is 1.69. The zero-order chi connectivity index (χ0) is 27.6. The minimum atomic E-state index is -3.15. The van der Waals surface area contributed by atoms with Gasteiger partial charge in [-0.1, -0.05) is 17.9 Å². The number of ether oxygens (including phenoxy) is 1. The Hall–Kier alpha value is -3.48. The number of halogens is 2. The summed E-state index contributed by atoms with van der Waals surface area (Å²) in [6, 6.07) is 7.57. The third kappa shape index (κ3) is 4.13. The van der Waals surface area contributed by atoms with Gasteiger partial charge in [0.15, 0.2) is 0 Å². The highest BCUT2D eigenvalue weighted by Gasteiger charge is 2.45. The third-order valence-corrected chi connectivity index (χ3v) is 6.23. The maximum absolute atomic E-state index is 13.5. The number of hydrogen-bond acceptors (Lipinski definition) is 5. The molecule has 0 spiro atoms. The molecule has 2 aliphatic rings. The summed E-state index contributed by atoms with van der Waals surface area (Å²) < 4.78 is 57.4. The van der Waals surface area contributed by atoms with E-state index < -0.39 is 43.3 Å². The van der Waals surface area contributed by atoms with Gasteiger partial charge in [0.1, 0.15) is 17.7 Å². The molecule has 0 aliphatic carbocycles. The summed E-state index contributed by atoms with van der Waals surface area (Å²) in [4.78, 5) is 18.9. The highest BCUT2D eigenvalue weighted by atomic mass is 19.3. The van der Waals surface area contributed by atoms with Crippen LogP contribution in [-0.2, 0) is 0 Å². The lowest BCUT2D eigenvalue weighted by molar-refractivity contribution is -0.0507. The Kier molecular flexibility index (Phi) is 4.71. The number of carbonyl (C=O) groups is 1. The molecule has 2 N–H and O–H groups in total. The van der Waals surface area contributed by atoms with E-state index in [4.69, 9.17) is 8.85 Å². The Morgan fingerprint density at radius 1 is 1.31 bits per heavy atom. The van der Waals surface area contributed by atoms with Gasteiger partial charge >= 0.3 is 6.61 Å². The normalized spacial score (nSPS) is 21.4. The predicted molar refractivity (Wildman–Crippen MR) is 124 cm³/mol. The van der Waals surface area contributed by atoms with Crippen LogP contribution in [0.25, 0.3) is 11.0 Å². The van der Waals surface area contributed by atoms with Crippen LogP contribution >= 0.6 is 0 Å². The molecule has 7 nitrogen and oxygen atoms in total. The number of nitrogens with zero attached hydrogens (tertiary/aromatic N) is 3. The zero-order valence-electron chi connectivity index (χ0n) is 22.0. The van der Waals surface area contributed by atoms with E-state index >= 15 is 0 Å². The summed E-state index contributed by atoms with van der Waals surface area (Å²) in [7, 11) is 0. The standard InChI is InChI=1S/C26H25F2N3O4/c1-26(2,34)13-15(32)9-7-14-8-10-17-18(11-14)31-19-12-20(23(31)29-17)30(3)24(33)16-5-4-6-21(22(16)19)35-25(27)28/h4-6,8,10-11,15,19-20,25,32,34H,12-13H2,1-3H3/t15?,19-,20-/m1/s1/i3D3. The molecule has 3 heterocycles. The lowest BCUT2D eigenvalue weighted by Gasteiger charge is -2.24. The number of carbonyl (C=O) groups excluding carboxylic acids is 1. The molecule has 1 aromatic heterocycles. The van der Waals surface area contributed by atoms with Gasteiger partial charge in [-0.05, 0) is 44.2 Å². The average molecular weight is 485 g/mol. The second-order valence-corrected chi connectivity index (χ2v) is 9.38. The number of benzene rings is 2. The van der Waals surface area contributed by atoms with Crippen molar-refractivity contribution in [2.45, 2.75) is 57.1 Å². The minimum absolute atomic E-state index is 0.0232. The van der Waals surface area contributed by atoms with Crippen molar-refractivity contribution in [2.24, 2.45) is 0 Å². The van der Waals surface area contributed by atoms with Crippen molar-refractivity contribution in [3.05, 3.63) is 58.9 Å². The van der Waals surface area contributed by atoms with Crippen LogP contribution in [-0.4, -0.2) is 55.9 Å². The fourth-order valence-electron chi connectivity index (χ4n) is 4.88. The second kappa shape index (κ2) is 8.33. The molecule has 5 rings (SSSR count). The molecule has 0 fully saturated rings. The summed E-state index contributed by atoms with van der Waals surface area (Å²) in [5.74, 6) is 4.88. The van der Waals surface area contributed by atoms with E-state index in [9.17, 15) is 23.8 Å². The zero-order valence-corrected chi connectivity index (χ0v) is 19.0. The van der Waals surface area contributed by atoms with Crippen molar-refractivity contribution >= 4 is 16.9 Å². The first kappa shape index (κ1) is 19.8. The summed E-state index contributed by atoms with van der Waals surface area (Å²) in [5.41, 5.74) is 0.641. The van der Waals surface area contributed by atoms with Crippen molar-refractivity contribution in [3.8, 4) is 17.6 Å². The fraction of sp³-hybridized carbons (Fsp3) is 0.385. The van der Waals surface area contributed by atoms with Crippen LogP contribution in [0.4, 0.5) is 8.78 Å². The third-order valence-electron chi connectivity index (χ3n) is 6.23. The number of fused-ring (bicyclic) bond motifs is 9. The molecular formula is C26H25F2N3O4. The Morgan fingerprint density at radius 3 is 2.83 bits per heavy atom. The van der Waals surface area contributed by atoms with E-state index in [1.54, 1.807) is 36.6 Å². The lowest BCUT2D eigenvalue weighted by atomic mass is 9.97. The molecular weight excluding hydrogens is 456 g/mol. The van der Waals surface area contributed by atoms with Crippen LogP contribution in [0.15, 0.2) is 36.4 Å². The molecule has 2 bridgehead atoms. The van der Waals surface area contributed by atoms with Crippen LogP contribution < -0.4 is 4.74 Å². The van der Waals surface area contributed by atoms with Crippen molar-refractivity contribution in [2.75, 3.05) is 6.98 Å². The van der Waals surface area contributed by atoms with Crippen LogP contribution in [0.2, 0.25) is 0 Å². The molecule has 182 valence electrons. The van der Waals surface area contributed by atoms with E-state index in [-0.39, 0.29) is 29.7 Å². The lowest BCUT2D eigenvalue weighted by Crippen LogP contribution is -2.30. The van der Waals surface area contributed by atoms with E-state index in [0.717, 1.165) is 4.90 Å². The van der Waals surface area contributed by atoms with Crippen molar-refractivity contribution in [1.82, 2.24) is 14.5 Å². The van der Waals surface area contributed by atoms with Gasteiger partial charge in [-0.25, -0.2) is 4.98 Å². The van der Waals surface area contributed by atoms with E-state index in [0.29, 0.717) is 22.4 Å². The molecule has 3 aromatic rings. The average Bonchev–Trinajstić information content (AvgIpc) is 3.28. The highest BCUT2D eigenvalue weighted by Crippen LogP contribution is 2.49. The molecule has 1 amide bonds. The number of aliphatic hydroxyl groups excluding tert-OH is 1. The Morgan fingerprint density at radius 2 is 2.11 bits per heavy atom. The summed E-state index contributed by atoms with van der Waals surface area (Å²) in [6.07, 6.45) is -0.903. The van der Waals surface area contributed by atoms with E-state index in [1.165, 1.54) is 18.2 Å². The predicted octanol–water partition coefficient (Wildman–Crippen LogP) is 3.63. The summed E-state index contributed by atoms with van der Waals surface area (Å²) in [6.45, 7) is -2.82. The number of hydrogen-bond donors (Lipinski definition) is 2. The van der Waals surface area contributed by atoms with Gasteiger partial charge in [-0.15, -0.1) is 0 Å². The maximum Gasteiger partial charge on any atom is 0.387 e. The first-order valence-electron chi connectivity index (χ1n) is 12.6. The smallest absolute Gasteiger partial charge is 0.387 e. The van der Waals surface area contributed by atoms with Gasteiger partial charge in [0.25, 0.3) is 5.91 Å². The Bertz CT molecular complexity index is 1490. The molecule has 35 heavy (non-hydrogen) atoms. The van der Waals surface area contributed by atoms with Crippen LogP contribution in [0.5, 0.6) is 5.75 Å². The number of aromatic nitrogens is 2. The first-order valence-corrected chi connectivity index (χ1v) is 11.1. The van der Waals surface area contributed by atoms with E-state index in [1.807, 2.05) is 0 Å². The van der Waals surface area contributed by atoms with Gasteiger partial charge < -0.3 is 24.4 Å². The van der Waals surface area contributed by atoms with Crippen molar-refractivity contribution < 1.29 is 32.6 Å². The second-order valence-electron chi connectivity index (χ2n) is 9.38. The molecule has 9 heteroatoms. The van der Waals surface area contributed by atoms with Crippen molar-refractivity contribution in [3.63, 3.8) is 0 Å². The number of alkyl halides is 2. The van der Waals surface area contributed by atoms with Gasteiger partial charge in [0, 0.05) is 40.6 Å². The SMILES string of the molecule is [2H]C([2H])([2H])N1C(=O)c2cccc(OC(F)F)c2[C@H]2C[C@@H]1c1nc3ccc(C#CC(O)CC(C)(C)O)cc3n12. The van der Waals surface area contributed by atoms with Crippen LogP contribution in [0, 0.1) is 11.8 Å². The number of rotatable bonds is 4. The van der Waals surface area contributed by atoms with Gasteiger partial charge in [0.2, 0.25) is 0 Å². The van der Waals surface area contributed by atoms with Crippen molar-refractivity contribution in [1.29, 1.82) is 0 Å². The molecule has 0 saturated carbocycles. The largest absolute Gasteiger partial charge is 0.434 e. The maximum atomic E-state index is 13.5. The first-order chi connectivity index (χ1) is 17.7. The number of aliphatic hydroxyl groups is 2. The monoisotopic (exact) mass is 484 g/mol. The van der Waals surface area contributed by atoms with Crippen LogP contribution in [0.1, 0.15) is 70.2 Å². The van der Waals surface area contributed by atoms with Gasteiger partial charge in [-0.3, -0.25) is 4.79 Å². The summed E-state index contributed by atoms with van der Waals surface area (Å²) in [5, 5.41) is 20.1. The summed E-state index contributed by atoms with van der Waals surface area (Å²) >= 11 is 0. The molecule has 1 unspecified atom stereocenters. The van der Waals surface area contributed by atoms with Crippen LogP contribution in [0.3, 0.4) is 0 Å². The topological polar surface area (TPSA) is 87.8 Å². The van der Waals surface area contributed by atoms with Gasteiger partial charge in [0.05, 0.1) is 28.7 Å². The molecule has 3 atom stereocenters.